The molecule has 1 N–H and O–H groups in total. The Kier molecular flexibility index (Phi) is 7.28. The van der Waals surface area contributed by atoms with Crippen LogP contribution in [0.3, 0.4) is 0 Å². The summed E-state index contributed by atoms with van der Waals surface area (Å²) in [5.74, 6) is 0. The Balaban J connectivity index is 3.09. The summed E-state index contributed by atoms with van der Waals surface area (Å²) in [4.78, 5) is 3.21. The van der Waals surface area contributed by atoms with E-state index in [1.807, 2.05) is 0 Å². The Morgan fingerprint density at radius 2 is 1.90 bits per heavy atom. The Hall–Kier alpha value is 0.0969. The molecule has 62 valence electrons. The van der Waals surface area contributed by atoms with Crippen molar-refractivity contribution in [2.75, 3.05) is 20.8 Å². The second-order valence-corrected chi connectivity index (χ2v) is 4.13. The van der Waals surface area contributed by atoms with Gasteiger partial charge in [0, 0.05) is 14.2 Å². The molecule has 4 heteroatoms. The highest BCUT2D eigenvalue weighted by molar-refractivity contribution is 6.41. The van der Waals surface area contributed by atoms with Crippen LogP contribution in [0.2, 0.25) is 0 Å². The third kappa shape index (κ3) is 4.93. The monoisotopic (exact) mass is 163 g/mol. The molecule has 0 unspecified atom stereocenters. The predicted octanol–water partition coefficient (Wildman–Crippen LogP) is 0.386. The van der Waals surface area contributed by atoms with Gasteiger partial charge in [0.15, 0.2) is 0 Å². The highest BCUT2D eigenvalue weighted by Gasteiger charge is 2.06. The van der Waals surface area contributed by atoms with Crippen molar-refractivity contribution in [2.45, 2.75) is 19.8 Å². The van der Waals surface area contributed by atoms with E-state index in [0.29, 0.717) is 0 Å². The number of hydrogen-bond acceptors (Lipinski definition) is 3. The van der Waals surface area contributed by atoms with E-state index in [9.17, 15) is 0 Å². The minimum absolute atomic E-state index is 1.01. The number of rotatable bonds is 6. The van der Waals surface area contributed by atoms with E-state index in [2.05, 4.69) is 11.9 Å². The molecule has 0 heterocycles. The van der Waals surface area contributed by atoms with Crippen molar-refractivity contribution in [1.82, 2.24) is 4.98 Å². The van der Waals surface area contributed by atoms with Gasteiger partial charge in [-0.25, -0.2) is 0 Å². The molecule has 0 aromatic carbocycles. The third-order valence-electron chi connectivity index (χ3n) is 1.27. The highest BCUT2D eigenvalue weighted by Crippen LogP contribution is 1.84. The van der Waals surface area contributed by atoms with Crippen LogP contribution < -0.4 is 4.98 Å². The summed E-state index contributed by atoms with van der Waals surface area (Å²) >= 11 is 0. The lowest BCUT2D eigenvalue weighted by atomic mass is 10.3. The van der Waals surface area contributed by atoms with Gasteiger partial charge in [-0.3, -0.25) is 4.98 Å². The molecule has 0 saturated carbocycles. The molecule has 0 aromatic rings. The van der Waals surface area contributed by atoms with Crippen molar-refractivity contribution in [3.63, 3.8) is 0 Å². The third-order valence-corrected chi connectivity index (χ3v) is 2.75. The number of nitrogens with one attached hydrogen (secondary N) is 1. The smallest absolute Gasteiger partial charge is 0.388 e. The molecule has 10 heavy (non-hydrogen) atoms. The summed E-state index contributed by atoms with van der Waals surface area (Å²) in [6.07, 6.45) is 2.40. The van der Waals surface area contributed by atoms with Crippen molar-refractivity contribution in [3.8, 4) is 0 Å². The molecule has 0 radical (unpaired) electrons. The second-order valence-electron chi connectivity index (χ2n) is 2.11. The maximum Gasteiger partial charge on any atom is 0.407 e. The molecule has 0 aliphatic heterocycles. The van der Waals surface area contributed by atoms with Crippen molar-refractivity contribution >= 4 is 9.45 Å². The van der Waals surface area contributed by atoms with Crippen LogP contribution in [0.15, 0.2) is 0 Å². The van der Waals surface area contributed by atoms with Gasteiger partial charge in [-0.1, -0.05) is 13.3 Å². The Labute approximate surface area is 64.6 Å². The zero-order valence-corrected chi connectivity index (χ0v) is 8.17. The van der Waals surface area contributed by atoms with Crippen LogP contribution in [0.4, 0.5) is 0 Å². The molecule has 0 spiro atoms. The minimum Gasteiger partial charge on any atom is -0.388 e. The Morgan fingerprint density at radius 1 is 1.30 bits per heavy atom. The number of hydrogen-bond donors (Lipinski definition) is 1. The second kappa shape index (κ2) is 7.21. The quantitative estimate of drug-likeness (QED) is 0.454. The van der Waals surface area contributed by atoms with E-state index < -0.39 is 9.45 Å². The largest absolute Gasteiger partial charge is 0.407 e. The van der Waals surface area contributed by atoms with E-state index in [1.54, 1.807) is 14.2 Å². The van der Waals surface area contributed by atoms with Crippen LogP contribution in [0, 0.1) is 0 Å². The normalized spacial score (nSPS) is 10.8. The summed E-state index contributed by atoms with van der Waals surface area (Å²) in [5.41, 5.74) is 0. The molecule has 0 aliphatic rings. The van der Waals surface area contributed by atoms with E-state index in [-0.39, 0.29) is 0 Å². The minimum atomic E-state index is -1.47. The van der Waals surface area contributed by atoms with E-state index in [1.165, 1.54) is 12.8 Å². The summed E-state index contributed by atoms with van der Waals surface area (Å²) < 4.78 is 10.1. The fourth-order valence-electron chi connectivity index (χ4n) is 0.660. The van der Waals surface area contributed by atoms with Crippen LogP contribution in [0.25, 0.3) is 0 Å². The first kappa shape index (κ1) is 10.1. The lowest BCUT2D eigenvalue weighted by molar-refractivity contribution is 0.264. The predicted molar refractivity (Wildman–Crippen MR) is 44.1 cm³/mol. The van der Waals surface area contributed by atoms with Crippen molar-refractivity contribution in [3.05, 3.63) is 0 Å². The van der Waals surface area contributed by atoms with Gasteiger partial charge in [-0.2, -0.15) is 0 Å². The van der Waals surface area contributed by atoms with Gasteiger partial charge in [-0.15, -0.1) is 0 Å². The molecular weight excluding hydrogens is 146 g/mol. The molecule has 0 fully saturated rings. The standard InChI is InChI=1S/C6H17NO2Si/c1-4-5-6-7-10(8-2)9-3/h7,10H,4-6H2,1-3H3. The lowest BCUT2D eigenvalue weighted by Crippen LogP contribution is -2.38. The molecule has 0 amide bonds. The van der Waals surface area contributed by atoms with Crippen LogP contribution >= 0.6 is 0 Å². The fourth-order valence-corrected chi connectivity index (χ4v) is 1.63. The summed E-state index contributed by atoms with van der Waals surface area (Å²) in [6, 6.07) is 0. The molecule has 0 saturated heterocycles. The zero-order chi connectivity index (χ0) is 7.82. The Bertz CT molecular complexity index is 68.8. The van der Waals surface area contributed by atoms with Gasteiger partial charge < -0.3 is 8.85 Å². The van der Waals surface area contributed by atoms with E-state index in [4.69, 9.17) is 8.85 Å². The van der Waals surface area contributed by atoms with Crippen LogP contribution in [0.1, 0.15) is 19.8 Å². The van der Waals surface area contributed by atoms with Gasteiger partial charge in [-0.05, 0) is 13.0 Å². The lowest BCUT2D eigenvalue weighted by Gasteiger charge is -2.11. The first-order chi connectivity index (χ1) is 4.85. The maximum absolute atomic E-state index is 5.05. The molecule has 0 aromatic heterocycles. The average molecular weight is 163 g/mol. The molecular formula is C6H17NO2Si. The average Bonchev–Trinajstić information content (AvgIpc) is 1.99. The van der Waals surface area contributed by atoms with Crippen LogP contribution in [0.5, 0.6) is 0 Å². The van der Waals surface area contributed by atoms with Gasteiger partial charge in [0.05, 0.1) is 0 Å². The topological polar surface area (TPSA) is 30.5 Å². The summed E-state index contributed by atoms with van der Waals surface area (Å²) in [6.45, 7) is 3.17. The van der Waals surface area contributed by atoms with Gasteiger partial charge in [0.25, 0.3) is 0 Å². The van der Waals surface area contributed by atoms with Crippen molar-refractivity contribution in [1.29, 1.82) is 0 Å². The van der Waals surface area contributed by atoms with E-state index >= 15 is 0 Å². The number of unbranched alkanes of at least 4 members (excludes halogenated alkanes) is 1. The van der Waals surface area contributed by atoms with Gasteiger partial charge >= 0.3 is 9.45 Å². The van der Waals surface area contributed by atoms with Crippen LogP contribution in [-0.2, 0) is 8.85 Å². The van der Waals surface area contributed by atoms with Crippen LogP contribution in [-0.4, -0.2) is 30.2 Å². The van der Waals surface area contributed by atoms with E-state index in [0.717, 1.165) is 6.54 Å². The molecule has 0 atom stereocenters. The summed E-state index contributed by atoms with van der Waals surface area (Å²) in [5, 5.41) is 0. The fraction of sp³-hybridized carbons (Fsp3) is 1.00. The van der Waals surface area contributed by atoms with Crippen molar-refractivity contribution < 1.29 is 8.85 Å². The molecule has 0 bridgehead atoms. The maximum atomic E-state index is 5.05. The first-order valence-electron chi connectivity index (χ1n) is 3.64. The van der Waals surface area contributed by atoms with Crippen molar-refractivity contribution in [2.24, 2.45) is 0 Å². The van der Waals surface area contributed by atoms with Gasteiger partial charge in [0.1, 0.15) is 0 Å². The zero-order valence-electron chi connectivity index (χ0n) is 7.02. The molecule has 0 rings (SSSR count). The molecule has 0 aliphatic carbocycles. The first-order valence-corrected chi connectivity index (χ1v) is 5.16. The molecule has 3 nitrogen and oxygen atoms in total. The SMILES string of the molecule is CCCCN[SiH](OC)OC. The Morgan fingerprint density at radius 3 is 2.30 bits per heavy atom. The van der Waals surface area contributed by atoms with Gasteiger partial charge in [0.2, 0.25) is 0 Å². The summed E-state index contributed by atoms with van der Waals surface area (Å²) in [7, 11) is 1.89. The highest BCUT2D eigenvalue weighted by atomic mass is 28.3.